The Hall–Kier alpha value is -1.86. The monoisotopic (exact) mass is 296 g/mol. The first-order valence-corrected chi connectivity index (χ1v) is 6.96. The molecule has 2 aliphatic rings. The van der Waals surface area contributed by atoms with Crippen molar-refractivity contribution < 1.29 is 24.2 Å². The molecule has 1 heterocycles. The van der Waals surface area contributed by atoms with Gasteiger partial charge in [0.2, 0.25) is 0 Å². The second-order valence-corrected chi connectivity index (χ2v) is 4.88. The molecular weight excluding hydrogens is 276 g/mol. The van der Waals surface area contributed by atoms with Gasteiger partial charge in [0.1, 0.15) is 5.76 Å². The normalized spacial score (nSPS) is 25.9. The van der Waals surface area contributed by atoms with Gasteiger partial charge in [0, 0.05) is 6.54 Å². The first kappa shape index (κ1) is 15.5. The van der Waals surface area contributed by atoms with Crippen LogP contribution in [0, 0.1) is 0 Å². The van der Waals surface area contributed by atoms with Gasteiger partial charge in [-0.3, -0.25) is 4.79 Å². The number of esters is 1. The summed E-state index contributed by atoms with van der Waals surface area (Å²) in [7, 11) is 0. The number of hydrogen-bond donors (Lipinski definition) is 2. The molecule has 7 nitrogen and oxygen atoms in total. The van der Waals surface area contributed by atoms with E-state index < -0.39 is 24.0 Å². The lowest BCUT2D eigenvalue weighted by atomic mass is 9.99. The highest BCUT2D eigenvalue weighted by Crippen LogP contribution is 2.21. The quantitative estimate of drug-likeness (QED) is 0.704. The molecule has 7 heteroatoms. The minimum atomic E-state index is -0.793. The van der Waals surface area contributed by atoms with Gasteiger partial charge in [-0.1, -0.05) is 6.08 Å². The third-order valence-corrected chi connectivity index (χ3v) is 3.48. The van der Waals surface area contributed by atoms with E-state index in [0.717, 1.165) is 0 Å². The van der Waals surface area contributed by atoms with Gasteiger partial charge in [0.15, 0.2) is 6.04 Å². The Morgan fingerprint density at radius 2 is 2.33 bits per heavy atom. The molecular formula is C14H20N2O5. The van der Waals surface area contributed by atoms with Crippen LogP contribution in [0.4, 0.5) is 0 Å². The van der Waals surface area contributed by atoms with Crippen LogP contribution in [-0.4, -0.2) is 60.3 Å². The molecule has 2 atom stereocenters. The Bertz CT molecular complexity index is 486. The number of ether oxygens (including phenoxy) is 2. The molecule has 1 saturated heterocycles. The number of nitrogens with two attached hydrogens (primary N) is 1. The van der Waals surface area contributed by atoms with E-state index in [1.165, 1.54) is 4.90 Å². The predicted molar refractivity (Wildman–Crippen MR) is 74.3 cm³/mol. The van der Waals surface area contributed by atoms with Gasteiger partial charge in [-0.2, -0.15) is 0 Å². The van der Waals surface area contributed by atoms with Crippen LogP contribution in [0.5, 0.6) is 0 Å². The highest BCUT2D eigenvalue weighted by Gasteiger charge is 2.36. The van der Waals surface area contributed by atoms with Gasteiger partial charge in [-0.25, -0.2) is 4.79 Å². The van der Waals surface area contributed by atoms with Gasteiger partial charge >= 0.3 is 5.97 Å². The van der Waals surface area contributed by atoms with Crippen molar-refractivity contribution in [3.8, 4) is 0 Å². The molecule has 0 spiro atoms. The van der Waals surface area contributed by atoms with E-state index in [-0.39, 0.29) is 31.1 Å². The molecule has 0 aromatic rings. The first-order valence-electron chi connectivity index (χ1n) is 6.96. The van der Waals surface area contributed by atoms with E-state index in [4.69, 9.17) is 15.2 Å². The molecule has 21 heavy (non-hydrogen) atoms. The van der Waals surface area contributed by atoms with Crippen LogP contribution in [0.3, 0.4) is 0 Å². The molecule has 116 valence electrons. The van der Waals surface area contributed by atoms with Crippen molar-refractivity contribution in [2.75, 3.05) is 26.4 Å². The van der Waals surface area contributed by atoms with Crippen molar-refractivity contribution in [3.63, 3.8) is 0 Å². The summed E-state index contributed by atoms with van der Waals surface area (Å²) in [5, 5.41) is 9.98. The lowest BCUT2D eigenvalue weighted by Crippen LogP contribution is -2.53. The molecule has 3 N–H and O–H groups in total. The summed E-state index contributed by atoms with van der Waals surface area (Å²) in [6.07, 6.45) is 3.75. The smallest absolute Gasteiger partial charge is 0.331 e. The highest BCUT2D eigenvalue weighted by atomic mass is 16.5. The molecule has 1 aliphatic heterocycles. The second-order valence-electron chi connectivity index (χ2n) is 4.88. The Balaban J connectivity index is 2.21. The average molecular weight is 296 g/mol. The second kappa shape index (κ2) is 6.73. The Morgan fingerprint density at radius 1 is 1.57 bits per heavy atom. The summed E-state index contributed by atoms with van der Waals surface area (Å²) in [5.74, 6) is -1.08. The fourth-order valence-corrected chi connectivity index (χ4v) is 2.35. The van der Waals surface area contributed by atoms with E-state index in [1.807, 2.05) is 0 Å². The van der Waals surface area contributed by atoms with Crippen molar-refractivity contribution in [3.05, 3.63) is 23.5 Å². The number of carbonyl (C=O) groups is 2. The molecule has 2 rings (SSSR count). The van der Waals surface area contributed by atoms with Crippen molar-refractivity contribution >= 4 is 11.9 Å². The molecule has 1 aliphatic carbocycles. The molecule has 1 amide bonds. The van der Waals surface area contributed by atoms with Crippen molar-refractivity contribution in [2.24, 2.45) is 5.73 Å². The number of aliphatic hydroxyl groups is 1. The molecule has 0 bridgehead atoms. The Kier molecular flexibility index (Phi) is 4.98. The van der Waals surface area contributed by atoms with E-state index in [2.05, 4.69) is 0 Å². The van der Waals surface area contributed by atoms with Crippen LogP contribution in [-0.2, 0) is 19.1 Å². The first-order chi connectivity index (χ1) is 10.1. The fraction of sp³-hybridized carbons (Fsp3) is 0.571. The van der Waals surface area contributed by atoms with Crippen LogP contribution >= 0.6 is 0 Å². The van der Waals surface area contributed by atoms with Gasteiger partial charge < -0.3 is 25.2 Å². The van der Waals surface area contributed by atoms with Gasteiger partial charge in [-0.15, -0.1) is 0 Å². The summed E-state index contributed by atoms with van der Waals surface area (Å²) < 4.78 is 10.2. The summed E-state index contributed by atoms with van der Waals surface area (Å²) in [5.41, 5.74) is 5.86. The molecule has 0 saturated carbocycles. The van der Waals surface area contributed by atoms with Crippen molar-refractivity contribution in [1.82, 2.24) is 4.90 Å². The topological polar surface area (TPSA) is 102 Å². The summed E-state index contributed by atoms with van der Waals surface area (Å²) in [6, 6.07) is -1.38. The molecule has 0 radical (unpaired) electrons. The number of amides is 1. The molecule has 2 unspecified atom stereocenters. The SMILES string of the molecule is CCOC(=O)C1COCCN1C(=O)C1=C(O)C(N)CC=C1. The number of carbonyl (C=O) groups excluding carboxylic acids is 2. The summed E-state index contributed by atoms with van der Waals surface area (Å²) in [4.78, 5) is 25.9. The van der Waals surface area contributed by atoms with Crippen LogP contribution in [0.25, 0.3) is 0 Å². The van der Waals surface area contributed by atoms with Crippen molar-refractivity contribution in [1.29, 1.82) is 0 Å². The predicted octanol–water partition coefficient (Wildman–Crippen LogP) is -0.124. The standard InChI is InChI=1S/C14H20N2O5/c1-2-21-14(19)11-8-20-7-6-16(11)13(18)9-4-3-5-10(15)12(9)17/h3-4,10-11,17H,2,5-8,15H2,1H3. The number of nitrogens with zero attached hydrogens (tertiary/aromatic N) is 1. The molecule has 0 aromatic heterocycles. The van der Waals surface area contributed by atoms with Gasteiger partial charge in [0.25, 0.3) is 5.91 Å². The number of aliphatic hydroxyl groups excluding tert-OH is 1. The third kappa shape index (κ3) is 3.25. The maximum absolute atomic E-state index is 12.6. The van der Waals surface area contributed by atoms with Crippen LogP contribution in [0.15, 0.2) is 23.5 Å². The fourth-order valence-electron chi connectivity index (χ4n) is 2.35. The molecule has 1 fully saturated rings. The number of rotatable bonds is 3. The van der Waals surface area contributed by atoms with E-state index in [9.17, 15) is 14.7 Å². The summed E-state index contributed by atoms with van der Waals surface area (Å²) >= 11 is 0. The lowest BCUT2D eigenvalue weighted by molar-refractivity contribution is -0.161. The van der Waals surface area contributed by atoms with Crippen LogP contribution < -0.4 is 5.73 Å². The zero-order valence-corrected chi connectivity index (χ0v) is 11.9. The van der Waals surface area contributed by atoms with E-state index in [0.29, 0.717) is 13.0 Å². The highest BCUT2D eigenvalue weighted by molar-refractivity contribution is 5.99. The zero-order chi connectivity index (χ0) is 15.4. The molecule has 0 aromatic carbocycles. The lowest BCUT2D eigenvalue weighted by Gasteiger charge is -2.34. The van der Waals surface area contributed by atoms with Gasteiger partial charge in [-0.05, 0) is 19.4 Å². The van der Waals surface area contributed by atoms with E-state index in [1.54, 1.807) is 19.1 Å². The maximum Gasteiger partial charge on any atom is 0.331 e. The maximum atomic E-state index is 12.6. The minimum absolute atomic E-state index is 0.0916. The van der Waals surface area contributed by atoms with E-state index >= 15 is 0 Å². The van der Waals surface area contributed by atoms with Crippen molar-refractivity contribution in [2.45, 2.75) is 25.4 Å². The van der Waals surface area contributed by atoms with Gasteiger partial charge in [0.05, 0.1) is 31.4 Å². The average Bonchev–Trinajstić information content (AvgIpc) is 2.49. The zero-order valence-electron chi connectivity index (χ0n) is 11.9. The van der Waals surface area contributed by atoms with Crippen LogP contribution in [0.1, 0.15) is 13.3 Å². The largest absolute Gasteiger partial charge is 0.510 e. The minimum Gasteiger partial charge on any atom is -0.510 e. The Labute approximate surface area is 123 Å². The number of morpholine rings is 1. The summed E-state index contributed by atoms with van der Waals surface area (Å²) in [6.45, 7) is 2.63. The van der Waals surface area contributed by atoms with Crippen LogP contribution in [0.2, 0.25) is 0 Å². The third-order valence-electron chi connectivity index (χ3n) is 3.48. The number of hydrogen-bond acceptors (Lipinski definition) is 6. The Morgan fingerprint density at radius 3 is 3.05 bits per heavy atom.